The normalized spacial score (nSPS) is 10.4. The molecule has 146 valence electrons. The number of hydrogen-bond donors (Lipinski definition) is 3. The highest BCUT2D eigenvalue weighted by molar-refractivity contribution is 7.14. The van der Waals surface area contributed by atoms with Crippen LogP contribution in [0.4, 0.5) is 16.4 Å². The predicted octanol–water partition coefficient (Wildman–Crippen LogP) is 5.44. The van der Waals surface area contributed by atoms with Gasteiger partial charge in [0.1, 0.15) is 5.00 Å². The Hall–Kier alpha value is -3.50. The molecule has 3 N–H and O–H groups in total. The topological polar surface area (TPSA) is 102 Å². The van der Waals surface area contributed by atoms with Crippen LogP contribution in [0.3, 0.4) is 0 Å². The van der Waals surface area contributed by atoms with Gasteiger partial charge in [0.15, 0.2) is 0 Å². The van der Waals surface area contributed by atoms with Gasteiger partial charge < -0.3 is 16.0 Å². The highest BCUT2D eigenvalue weighted by Crippen LogP contribution is 2.29. The molecule has 0 spiro atoms. The molecule has 1 amide bonds. The van der Waals surface area contributed by atoms with Gasteiger partial charge in [-0.2, -0.15) is 5.26 Å². The van der Waals surface area contributed by atoms with Gasteiger partial charge in [0.2, 0.25) is 0 Å². The molecule has 2 aromatic carbocycles. The molecule has 0 aliphatic heterocycles. The Labute approximate surface area is 173 Å². The van der Waals surface area contributed by atoms with Crippen molar-refractivity contribution < 1.29 is 4.79 Å². The van der Waals surface area contributed by atoms with E-state index in [1.807, 2.05) is 20.8 Å². The molecule has 29 heavy (non-hydrogen) atoms. The summed E-state index contributed by atoms with van der Waals surface area (Å²) in [7, 11) is 0. The Bertz CT molecular complexity index is 1110. The number of nitrogens with one attached hydrogen (secondary N) is 3. The zero-order chi connectivity index (χ0) is 21.0. The molecule has 0 unspecified atom stereocenters. The average molecular weight is 404 g/mol. The molecule has 3 aromatic rings. The summed E-state index contributed by atoms with van der Waals surface area (Å²) in [5.74, 6) is -0.230. The SMILES string of the molecule is Cc1ncsc1Nc1cc(NC(=O)c2cccc(C#N)c2C(C)C)ccc1C=N. The first-order chi connectivity index (χ1) is 13.9. The standard InChI is InChI=1S/C22H21N5OS/c1-13(2)20-16(11-24)5-4-6-18(20)21(28)26-17-8-7-15(10-23)19(9-17)27-22-14(3)25-12-29-22/h4-10,12-13,23,27H,1-3H3,(H,26,28). The zero-order valence-electron chi connectivity index (χ0n) is 16.4. The fraction of sp³-hybridized carbons (Fsp3) is 0.182. The number of nitriles is 1. The molecule has 0 aliphatic rings. The van der Waals surface area contributed by atoms with Crippen molar-refractivity contribution in [2.24, 2.45) is 0 Å². The summed E-state index contributed by atoms with van der Waals surface area (Å²) in [5, 5.41) is 24.1. The van der Waals surface area contributed by atoms with Crippen molar-refractivity contribution in [3.63, 3.8) is 0 Å². The average Bonchev–Trinajstić information content (AvgIpc) is 3.12. The molecule has 3 rings (SSSR count). The van der Waals surface area contributed by atoms with Gasteiger partial charge in [0.05, 0.1) is 28.5 Å². The maximum absolute atomic E-state index is 13.0. The minimum Gasteiger partial charge on any atom is -0.345 e. The Morgan fingerprint density at radius 2 is 2.10 bits per heavy atom. The van der Waals surface area contributed by atoms with Crippen LogP contribution in [0.15, 0.2) is 41.9 Å². The predicted molar refractivity (Wildman–Crippen MR) is 118 cm³/mol. The number of amides is 1. The molecule has 0 aliphatic carbocycles. The summed E-state index contributed by atoms with van der Waals surface area (Å²) in [6.45, 7) is 5.83. The number of benzene rings is 2. The molecule has 6 nitrogen and oxygen atoms in total. The van der Waals surface area contributed by atoms with Crippen LogP contribution in [0, 0.1) is 23.7 Å². The lowest BCUT2D eigenvalue weighted by Crippen LogP contribution is -2.16. The van der Waals surface area contributed by atoms with E-state index in [2.05, 4.69) is 21.7 Å². The van der Waals surface area contributed by atoms with E-state index in [1.165, 1.54) is 17.6 Å². The van der Waals surface area contributed by atoms with Crippen molar-refractivity contribution in [2.75, 3.05) is 10.6 Å². The highest BCUT2D eigenvalue weighted by Gasteiger charge is 2.18. The second-order valence-electron chi connectivity index (χ2n) is 6.83. The number of carbonyl (C=O) groups is 1. The van der Waals surface area contributed by atoms with Crippen molar-refractivity contribution in [2.45, 2.75) is 26.7 Å². The van der Waals surface area contributed by atoms with Crippen LogP contribution in [-0.4, -0.2) is 17.1 Å². The first-order valence-corrected chi connectivity index (χ1v) is 9.98. The highest BCUT2D eigenvalue weighted by atomic mass is 32.1. The minimum atomic E-state index is -0.270. The summed E-state index contributed by atoms with van der Waals surface area (Å²) >= 11 is 1.47. The third-order valence-electron chi connectivity index (χ3n) is 4.51. The monoisotopic (exact) mass is 403 g/mol. The summed E-state index contributed by atoms with van der Waals surface area (Å²) in [5.41, 5.74) is 6.37. The molecule has 0 atom stereocenters. The van der Waals surface area contributed by atoms with Crippen LogP contribution in [0.2, 0.25) is 0 Å². The lowest BCUT2D eigenvalue weighted by molar-refractivity contribution is 0.102. The Kier molecular flexibility index (Phi) is 6.05. The van der Waals surface area contributed by atoms with E-state index in [-0.39, 0.29) is 11.8 Å². The zero-order valence-corrected chi connectivity index (χ0v) is 17.2. The Balaban J connectivity index is 1.92. The van der Waals surface area contributed by atoms with Gasteiger partial charge in [-0.1, -0.05) is 19.9 Å². The van der Waals surface area contributed by atoms with Gasteiger partial charge >= 0.3 is 0 Å². The summed E-state index contributed by atoms with van der Waals surface area (Å²) in [4.78, 5) is 17.2. The molecular formula is C22H21N5OS. The van der Waals surface area contributed by atoms with E-state index in [4.69, 9.17) is 5.41 Å². The van der Waals surface area contributed by atoms with Gasteiger partial charge in [-0.3, -0.25) is 4.79 Å². The first kappa shape index (κ1) is 20.2. The van der Waals surface area contributed by atoms with E-state index in [0.717, 1.165) is 16.3 Å². The second-order valence-corrected chi connectivity index (χ2v) is 7.68. The summed E-state index contributed by atoms with van der Waals surface area (Å²) in [6, 6.07) is 12.7. The Morgan fingerprint density at radius 1 is 1.31 bits per heavy atom. The van der Waals surface area contributed by atoms with Gasteiger partial charge in [0.25, 0.3) is 5.91 Å². The largest absolute Gasteiger partial charge is 0.345 e. The van der Waals surface area contributed by atoms with E-state index >= 15 is 0 Å². The fourth-order valence-corrected chi connectivity index (χ4v) is 3.80. The number of carbonyl (C=O) groups excluding carboxylic acids is 1. The number of rotatable bonds is 6. The Morgan fingerprint density at radius 3 is 2.72 bits per heavy atom. The van der Waals surface area contributed by atoms with E-state index in [1.54, 1.807) is 41.9 Å². The number of anilines is 3. The van der Waals surface area contributed by atoms with Crippen molar-refractivity contribution in [3.8, 4) is 6.07 Å². The second kappa shape index (κ2) is 8.67. The smallest absolute Gasteiger partial charge is 0.255 e. The van der Waals surface area contributed by atoms with Crippen LogP contribution in [0.25, 0.3) is 0 Å². The lowest BCUT2D eigenvalue weighted by atomic mass is 9.92. The number of thiazole rings is 1. The number of hydrogen-bond acceptors (Lipinski definition) is 6. The molecule has 1 heterocycles. The van der Waals surface area contributed by atoms with Crippen LogP contribution in [-0.2, 0) is 0 Å². The summed E-state index contributed by atoms with van der Waals surface area (Å²) < 4.78 is 0. The van der Waals surface area contributed by atoms with E-state index in [9.17, 15) is 10.1 Å². The maximum Gasteiger partial charge on any atom is 0.255 e. The fourth-order valence-electron chi connectivity index (χ4n) is 3.09. The third-order valence-corrected chi connectivity index (χ3v) is 5.35. The lowest BCUT2D eigenvalue weighted by Gasteiger charge is -2.15. The maximum atomic E-state index is 13.0. The molecule has 0 saturated carbocycles. The molecule has 0 bridgehead atoms. The summed E-state index contributed by atoms with van der Waals surface area (Å²) in [6.07, 6.45) is 1.26. The van der Waals surface area contributed by atoms with Crippen molar-refractivity contribution >= 4 is 39.8 Å². The minimum absolute atomic E-state index is 0.0402. The molecule has 0 fully saturated rings. The van der Waals surface area contributed by atoms with Crippen LogP contribution in [0.1, 0.15) is 52.5 Å². The molecular weight excluding hydrogens is 382 g/mol. The van der Waals surface area contributed by atoms with Crippen molar-refractivity contribution in [3.05, 3.63) is 69.9 Å². The van der Waals surface area contributed by atoms with E-state index in [0.29, 0.717) is 28.1 Å². The van der Waals surface area contributed by atoms with Gasteiger partial charge in [0, 0.05) is 23.0 Å². The molecule has 7 heteroatoms. The number of aryl methyl sites for hydroxylation is 1. The van der Waals surface area contributed by atoms with Gasteiger partial charge in [-0.05, 0) is 48.7 Å². The quantitative estimate of drug-likeness (QED) is 0.477. The van der Waals surface area contributed by atoms with Crippen LogP contribution < -0.4 is 10.6 Å². The van der Waals surface area contributed by atoms with Crippen LogP contribution >= 0.6 is 11.3 Å². The van der Waals surface area contributed by atoms with Crippen molar-refractivity contribution in [1.82, 2.24) is 4.98 Å². The molecule has 1 aromatic heterocycles. The van der Waals surface area contributed by atoms with Crippen molar-refractivity contribution in [1.29, 1.82) is 10.7 Å². The first-order valence-electron chi connectivity index (χ1n) is 9.10. The molecule has 0 saturated heterocycles. The van der Waals surface area contributed by atoms with Gasteiger partial charge in [-0.25, -0.2) is 4.98 Å². The number of nitrogens with zero attached hydrogens (tertiary/aromatic N) is 2. The molecule has 0 radical (unpaired) electrons. The van der Waals surface area contributed by atoms with Crippen LogP contribution in [0.5, 0.6) is 0 Å². The third kappa shape index (κ3) is 4.33. The van der Waals surface area contributed by atoms with Gasteiger partial charge in [-0.15, -0.1) is 11.3 Å². The number of aromatic nitrogens is 1. The van der Waals surface area contributed by atoms with E-state index < -0.39 is 0 Å².